The molecule has 136 valence electrons. The number of hydrogen-bond donors (Lipinski definition) is 0. The molecule has 4 rings (SSSR count). The first kappa shape index (κ1) is 17.0. The quantitative estimate of drug-likeness (QED) is 0.521. The van der Waals surface area contributed by atoms with Gasteiger partial charge in [0, 0.05) is 12.8 Å². The van der Waals surface area contributed by atoms with Crippen molar-refractivity contribution in [3.8, 4) is 0 Å². The Bertz CT molecular complexity index is 1250. The van der Waals surface area contributed by atoms with Gasteiger partial charge in [0.05, 0.1) is 29.0 Å². The minimum atomic E-state index is -0.356. The molecular formula is C20H17N3O4. The van der Waals surface area contributed by atoms with Crippen molar-refractivity contribution in [1.29, 1.82) is 0 Å². The van der Waals surface area contributed by atoms with Crippen LogP contribution in [-0.4, -0.2) is 32.9 Å². The predicted octanol–water partition coefficient (Wildman–Crippen LogP) is 2.79. The third kappa shape index (κ3) is 2.77. The fourth-order valence-corrected chi connectivity index (χ4v) is 3.28. The number of nitrogens with zero attached hydrogens (tertiary/aromatic N) is 3. The van der Waals surface area contributed by atoms with Crippen LogP contribution in [0.3, 0.4) is 0 Å². The number of para-hydroxylation sites is 3. The number of imidazole rings is 1. The lowest BCUT2D eigenvalue weighted by Crippen LogP contribution is -2.18. The zero-order chi connectivity index (χ0) is 19.0. The summed E-state index contributed by atoms with van der Waals surface area (Å²) < 4.78 is 7.54. The van der Waals surface area contributed by atoms with Crippen molar-refractivity contribution in [1.82, 2.24) is 14.0 Å². The van der Waals surface area contributed by atoms with Gasteiger partial charge in [0.25, 0.3) is 5.56 Å². The van der Waals surface area contributed by atoms with E-state index in [0.29, 0.717) is 28.4 Å². The molecule has 0 unspecified atom stereocenters. The summed E-state index contributed by atoms with van der Waals surface area (Å²) in [4.78, 5) is 41.8. The van der Waals surface area contributed by atoms with E-state index in [0.717, 1.165) is 0 Å². The maximum atomic E-state index is 13.0. The molecular weight excluding hydrogens is 346 g/mol. The summed E-state index contributed by atoms with van der Waals surface area (Å²) in [5, 5.41) is 0.496. The van der Waals surface area contributed by atoms with Gasteiger partial charge >= 0.3 is 5.97 Å². The van der Waals surface area contributed by atoms with Crippen LogP contribution in [0.1, 0.15) is 24.1 Å². The molecule has 27 heavy (non-hydrogen) atoms. The Balaban J connectivity index is 1.92. The molecule has 0 spiro atoms. The minimum Gasteiger partial charge on any atom is -0.469 e. The summed E-state index contributed by atoms with van der Waals surface area (Å²) >= 11 is 0. The molecule has 0 bridgehead atoms. The van der Waals surface area contributed by atoms with Crippen LogP contribution in [0.2, 0.25) is 0 Å². The Labute approximate surface area is 153 Å². The Morgan fingerprint density at radius 2 is 1.70 bits per heavy atom. The lowest BCUT2D eigenvalue weighted by atomic mass is 10.2. The lowest BCUT2D eigenvalue weighted by Gasteiger charge is -2.05. The number of methoxy groups -OCH3 is 1. The van der Waals surface area contributed by atoms with Gasteiger partial charge in [-0.1, -0.05) is 24.3 Å². The molecule has 0 fully saturated rings. The highest BCUT2D eigenvalue weighted by molar-refractivity contribution is 5.96. The first-order chi connectivity index (χ1) is 13.1. The first-order valence-corrected chi connectivity index (χ1v) is 8.63. The number of benzene rings is 2. The van der Waals surface area contributed by atoms with Gasteiger partial charge < -0.3 is 4.74 Å². The van der Waals surface area contributed by atoms with E-state index < -0.39 is 0 Å². The molecule has 2 heterocycles. The molecule has 7 heteroatoms. The van der Waals surface area contributed by atoms with Gasteiger partial charge in [-0.05, 0) is 30.7 Å². The Morgan fingerprint density at radius 1 is 1.00 bits per heavy atom. The summed E-state index contributed by atoms with van der Waals surface area (Å²) in [6.45, 7) is 0. The molecule has 2 aromatic heterocycles. The Morgan fingerprint density at radius 3 is 2.48 bits per heavy atom. The van der Waals surface area contributed by atoms with Crippen molar-refractivity contribution < 1.29 is 14.3 Å². The zero-order valence-corrected chi connectivity index (χ0v) is 14.7. The standard InChI is InChI=1S/C20H17N3O4/c1-27-18(25)12-6-11-17(24)22-15-9-4-5-10-16(15)23-19(26)13-7-2-3-8-14(13)21-20(22)23/h2-5,7-10H,6,11-12H2,1H3. The topological polar surface area (TPSA) is 82.7 Å². The number of esters is 1. The van der Waals surface area contributed by atoms with E-state index >= 15 is 0 Å². The molecule has 4 aromatic rings. The molecule has 0 aliphatic heterocycles. The third-order valence-corrected chi connectivity index (χ3v) is 4.57. The largest absolute Gasteiger partial charge is 0.469 e. The fourth-order valence-electron chi connectivity index (χ4n) is 3.28. The minimum absolute atomic E-state index is 0.145. The first-order valence-electron chi connectivity index (χ1n) is 8.63. The van der Waals surface area contributed by atoms with Crippen molar-refractivity contribution in [2.75, 3.05) is 7.11 Å². The molecule has 0 saturated heterocycles. The summed E-state index contributed by atoms with van der Waals surface area (Å²) in [7, 11) is 1.32. The number of ether oxygens (including phenoxy) is 1. The highest BCUT2D eigenvalue weighted by atomic mass is 16.5. The maximum Gasteiger partial charge on any atom is 0.305 e. The van der Waals surface area contributed by atoms with E-state index in [4.69, 9.17) is 0 Å². The van der Waals surface area contributed by atoms with Crippen LogP contribution in [0.5, 0.6) is 0 Å². The van der Waals surface area contributed by atoms with Crippen molar-refractivity contribution in [2.45, 2.75) is 19.3 Å². The van der Waals surface area contributed by atoms with Crippen LogP contribution >= 0.6 is 0 Å². The molecule has 0 aliphatic carbocycles. The van der Waals surface area contributed by atoms with Gasteiger partial charge in [-0.2, -0.15) is 0 Å². The van der Waals surface area contributed by atoms with Gasteiger partial charge in [0.1, 0.15) is 0 Å². The predicted molar refractivity (Wildman–Crippen MR) is 101 cm³/mol. The average molecular weight is 363 g/mol. The smallest absolute Gasteiger partial charge is 0.305 e. The van der Waals surface area contributed by atoms with E-state index in [1.807, 2.05) is 12.1 Å². The Hall–Kier alpha value is -3.48. The van der Waals surface area contributed by atoms with Crippen LogP contribution in [0.4, 0.5) is 0 Å². The van der Waals surface area contributed by atoms with Gasteiger partial charge in [-0.15, -0.1) is 0 Å². The second kappa shape index (κ2) is 6.68. The second-order valence-corrected chi connectivity index (χ2v) is 6.22. The summed E-state index contributed by atoms with van der Waals surface area (Å²) in [6, 6.07) is 14.3. The van der Waals surface area contributed by atoms with Crippen molar-refractivity contribution in [3.63, 3.8) is 0 Å². The zero-order valence-electron chi connectivity index (χ0n) is 14.7. The van der Waals surface area contributed by atoms with E-state index in [-0.39, 0.29) is 36.1 Å². The van der Waals surface area contributed by atoms with Crippen molar-refractivity contribution in [3.05, 3.63) is 58.9 Å². The van der Waals surface area contributed by atoms with Crippen LogP contribution < -0.4 is 5.56 Å². The molecule has 7 nitrogen and oxygen atoms in total. The number of carbonyl (C=O) groups excluding carboxylic acids is 2. The molecule has 0 N–H and O–H groups in total. The molecule has 0 amide bonds. The summed E-state index contributed by atoms with van der Waals surface area (Å²) in [6.07, 6.45) is 0.670. The highest BCUT2D eigenvalue weighted by Crippen LogP contribution is 2.21. The average Bonchev–Trinajstić information content (AvgIpc) is 3.02. The molecule has 2 aromatic carbocycles. The van der Waals surface area contributed by atoms with E-state index in [1.165, 1.54) is 16.1 Å². The van der Waals surface area contributed by atoms with E-state index in [1.54, 1.807) is 36.4 Å². The van der Waals surface area contributed by atoms with Crippen molar-refractivity contribution in [2.24, 2.45) is 0 Å². The number of hydrogen-bond acceptors (Lipinski definition) is 5. The van der Waals surface area contributed by atoms with Crippen LogP contribution in [0.25, 0.3) is 27.7 Å². The number of carbonyl (C=O) groups is 2. The van der Waals surface area contributed by atoms with Gasteiger partial charge in [0.2, 0.25) is 11.7 Å². The van der Waals surface area contributed by atoms with Crippen LogP contribution in [0, 0.1) is 0 Å². The van der Waals surface area contributed by atoms with Gasteiger partial charge in [-0.3, -0.25) is 14.4 Å². The number of fused-ring (bicyclic) bond motifs is 4. The monoisotopic (exact) mass is 363 g/mol. The lowest BCUT2D eigenvalue weighted by molar-refractivity contribution is -0.140. The van der Waals surface area contributed by atoms with Crippen molar-refractivity contribution >= 4 is 39.6 Å². The molecule has 0 aliphatic rings. The molecule has 0 radical (unpaired) electrons. The summed E-state index contributed by atoms with van der Waals surface area (Å²) in [5.74, 6) is -0.298. The van der Waals surface area contributed by atoms with E-state index in [2.05, 4.69) is 9.72 Å². The fraction of sp³-hybridized carbons (Fsp3) is 0.200. The normalized spacial score (nSPS) is 11.3. The van der Waals surface area contributed by atoms with Crippen LogP contribution in [-0.2, 0) is 9.53 Å². The Kier molecular flexibility index (Phi) is 4.19. The number of aromatic nitrogens is 3. The van der Waals surface area contributed by atoms with Gasteiger partial charge in [0.15, 0.2) is 0 Å². The summed E-state index contributed by atoms with van der Waals surface area (Å²) in [5.41, 5.74) is 1.55. The SMILES string of the molecule is COC(=O)CCCC(=O)n1c2ccccc2n2c(=O)c3ccccc3nc12. The maximum absolute atomic E-state index is 13.0. The number of rotatable bonds is 4. The third-order valence-electron chi connectivity index (χ3n) is 4.57. The van der Waals surface area contributed by atoms with Crippen LogP contribution in [0.15, 0.2) is 53.3 Å². The molecule has 0 saturated carbocycles. The van der Waals surface area contributed by atoms with Gasteiger partial charge in [-0.25, -0.2) is 14.0 Å². The van der Waals surface area contributed by atoms with E-state index in [9.17, 15) is 14.4 Å². The highest BCUT2D eigenvalue weighted by Gasteiger charge is 2.19. The molecule has 0 atom stereocenters. The second-order valence-electron chi connectivity index (χ2n) is 6.22.